The number of benzene rings is 1. The molecule has 0 saturated heterocycles. The molecule has 2 nitrogen and oxygen atoms in total. The summed E-state index contributed by atoms with van der Waals surface area (Å²) in [5, 5.41) is 10.7. The molecule has 2 heteroatoms. The van der Waals surface area contributed by atoms with Gasteiger partial charge in [0.25, 0.3) is 0 Å². The monoisotopic (exact) mass is 229 g/mol. The first-order valence-electron chi connectivity index (χ1n) is 6.02. The summed E-state index contributed by atoms with van der Waals surface area (Å²) < 4.78 is 0. The number of aromatic nitrogens is 1. The average molecular weight is 229 g/mol. The van der Waals surface area contributed by atoms with Crippen molar-refractivity contribution in [1.82, 2.24) is 4.98 Å². The molecule has 0 bridgehead atoms. The maximum Gasteiger partial charge on any atom is 0.0704 e. The highest BCUT2D eigenvalue weighted by Crippen LogP contribution is 2.30. The van der Waals surface area contributed by atoms with Crippen LogP contribution in [0.2, 0.25) is 0 Å². The Kier molecular flexibility index (Phi) is 3.16. The number of fused-ring (bicyclic) bond motifs is 1. The van der Waals surface area contributed by atoms with Crippen molar-refractivity contribution in [3.8, 4) is 0 Å². The van der Waals surface area contributed by atoms with Crippen LogP contribution >= 0.6 is 0 Å². The second kappa shape index (κ2) is 4.46. The maximum atomic E-state index is 9.55. The molecule has 0 aliphatic rings. The van der Waals surface area contributed by atoms with Crippen molar-refractivity contribution in [2.45, 2.75) is 38.7 Å². The summed E-state index contributed by atoms with van der Waals surface area (Å²) in [7, 11) is 0. The quantitative estimate of drug-likeness (QED) is 0.876. The van der Waals surface area contributed by atoms with Gasteiger partial charge in [0.05, 0.1) is 11.6 Å². The lowest BCUT2D eigenvalue weighted by molar-refractivity contribution is 0.157. The Morgan fingerprint density at radius 3 is 2.76 bits per heavy atom. The van der Waals surface area contributed by atoms with Crippen LogP contribution in [0, 0.1) is 0 Å². The van der Waals surface area contributed by atoms with Crippen molar-refractivity contribution in [1.29, 1.82) is 0 Å². The third kappa shape index (κ3) is 2.64. The van der Waals surface area contributed by atoms with Gasteiger partial charge in [-0.1, -0.05) is 32.0 Å². The largest absolute Gasteiger partial charge is 0.393 e. The fraction of sp³-hybridized carbons (Fsp3) is 0.400. The summed E-state index contributed by atoms with van der Waals surface area (Å²) >= 11 is 0. The molecule has 90 valence electrons. The van der Waals surface area contributed by atoms with Gasteiger partial charge in [0, 0.05) is 11.6 Å². The Morgan fingerprint density at radius 1 is 1.29 bits per heavy atom. The number of nitrogens with zero attached hydrogens (tertiary/aromatic N) is 1. The summed E-state index contributed by atoms with van der Waals surface area (Å²) in [6.45, 7) is 6.15. The molecule has 1 aromatic heterocycles. The number of hydrogen-bond donors (Lipinski definition) is 1. The normalized spacial score (nSPS) is 13.9. The zero-order valence-corrected chi connectivity index (χ0v) is 10.6. The molecule has 1 N–H and O–H groups in total. The second-order valence-electron chi connectivity index (χ2n) is 5.35. The molecule has 0 saturated carbocycles. The lowest BCUT2D eigenvalue weighted by Crippen LogP contribution is -2.22. The Balaban J connectivity index is 2.42. The fourth-order valence-electron chi connectivity index (χ4n) is 2.34. The second-order valence-corrected chi connectivity index (χ2v) is 5.35. The molecule has 0 amide bonds. The molecule has 17 heavy (non-hydrogen) atoms. The van der Waals surface area contributed by atoms with Crippen molar-refractivity contribution in [2.75, 3.05) is 0 Å². The Morgan fingerprint density at radius 2 is 2.06 bits per heavy atom. The van der Waals surface area contributed by atoms with Crippen molar-refractivity contribution < 1.29 is 5.11 Å². The predicted molar refractivity (Wildman–Crippen MR) is 71.1 cm³/mol. The molecule has 1 unspecified atom stereocenters. The third-order valence-electron chi connectivity index (χ3n) is 3.19. The van der Waals surface area contributed by atoms with E-state index in [0.29, 0.717) is 0 Å². The summed E-state index contributed by atoms with van der Waals surface area (Å²) in [5.74, 6) is 0. The van der Waals surface area contributed by atoms with E-state index in [4.69, 9.17) is 0 Å². The van der Waals surface area contributed by atoms with Crippen LogP contribution in [0.15, 0.2) is 36.5 Å². The first-order valence-corrected chi connectivity index (χ1v) is 6.02. The third-order valence-corrected chi connectivity index (χ3v) is 3.19. The van der Waals surface area contributed by atoms with E-state index in [1.807, 2.05) is 19.2 Å². The molecule has 0 radical (unpaired) electrons. The highest BCUT2D eigenvalue weighted by Gasteiger charge is 2.22. The highest BCUT2D eigenvalue weighted by atomic mass is 16.3. The summed E-state index contributed by atoms with van der Waals surface area (Å²) in [6, 6.07) is 10.4. The minimum absolute atomic E-state index is 0.0279. The smallest absolute Gasteiger partial charge is 0.0704 e. The van der Waals surface area contributed by atoms with Crippen LogP contribution in [0.3, 0.4) is 0 Å². The van der Waals surface area contributed by atoms with Crippen LogP contribution in [0.1, 0.15) is 32.8 Å². The average Bonchev–Trinajstić information content (AvgIpc) is 2.26. The molecular formula is C15H19NO. The van der Waals surface area contributed by atoms with Gasteiger partial charge in [0.1, 0.15) is 0 Å². The number of hydrogen-bond acceptors (Lipinski definition) is 2. The van der Waals surface area contributed by atoms with Crippen LogP contribution in [-0.2, 0) is 5.41 Å². The molecule has 0 fully saturated rings. The van der Waals surface area contributed by atoms with Gasteiger partial charge in [-0.05, 0) is 36.5 Å². The van der Waals surface area contributed by atoms with Gasteiger partial charge in [-0.2, -0.15) is 0 Å². The van der Waals surface area contributed by atoms with Crippen LogP contribution in [0.4, 0.5) is 0 Å². The van der Waals surface area contributed by atoms with E-state index in [2.05, 4.69) is 43.1 Å². The summed E-state index contributed by atoms with van der Waals surface area (Å²) in [5.41, 5.74) is 2.22. The van der Waals surface area contributed by atoms with Gasteiger partial charge < -0.3 is 5.11 Å². The number of aliphatic hydroxyl groups excluding tert-OH is 1. The number of rotatable bonds is 3. The summed E-state index contributed by atoms with van der Waals surface area (Å²) in [6.07, 6.45) is 2.28. The van der Waals surface area contributed by atoms with Crippen molar-refractivity contribution >= 4 is 10.9 Å². The van der Waals surface area contributed by atoms with Gasteiger partial charge in [0.2, 0.25) is 0 Å². The lowest BCUT2D eigenvalue weighted by Gasteiger charge is -2.27. The zero-order chi connectivity index (χ0) is 12.5. The molecule has 2 rings (SSSR count). The van der Waals surface area contributed by atoms with Gasteiger partial charge >= 0.3 is 0 Å². The van der Waals surface area contributed by atoms with Gasteiger partial charge in [-0.15, -0.1) is 0 Å². The van der Waals surface area contributed by atoms with Crippen molar-refractivity contribution in [3.05, 3.63) is 42.1 Å². The van der Waals surface area contributed by atoms with Crippen molar-refractivity contribution in [2.24, 2.45) is 0 Å². The molecule has 0 spiro atoms. The topological polar surface area (TPSA) is 33.1 Å². The van der Waals surface area contributed by atoms with E-state index in [0.717, 1.165) is 17.3 Å². The minimum Gasteiger partial charge on any atom is -0.393 e. The maximum absolute atomic E-state index is 9.55. The Bertz CT molecular complexity index is 517. The number of aliphatic hydroxyl groups is 1. The highest BCUT2D eigenvalue weighted by molar-refractivity contribution is 5.79. The van der Waals surface area contributed by atoms with E-state index in [1.54, 1.807) is 0 Å². The predicted octanol–water partition coefficient (Wildman–Crippen LogP) is 3.28. The van der Waals surface area contributed by atoms with Crippen molar-refractivity contribution in [3.63, 3.8) is 0 Å². The van der Waals surface area contributed by atoms with E-state index < -0.39 is 0 Å². The van der Waals surface area contributed by atoms with E-state index in [9.17, 15) is 5.11 Å². The minimum atomic E-state index is -0.288. The first kappa shape index (κ1) is 12.1. The SMILES string of the molecule is CC(O)CC(C)(C)c1ccc2cccnc2c1. The van der Waals surface area contributed by atoms with Gasteiger partial charge in [-0.3, -0.25) is 4.98 Å². The fourth-order valence-corrected chi connectivity index (χ4v) is 2.34. The molecular weight excluding hydrogens is 210 g/mol. The van der Waals surface area contributed by atoms with E-state index in [1.165, 1.54) is 5.56 Å². The Hall–Kier alpha value is -1.41. The molecule has 0 aliphatic carbocycles. The number of pyridine rings is 1. The zero-order valence-electron chi connectivity index (χ0n) is 10.6. The Labute approximate surface area is 102 Å². The standard InChI is InChI=1S/C15H19NO/c1-11(17)10-15(2,3)13-7-6-12-5-4-8-16-14(12)9-13/h4-9,11,17H,10H2,1-3H3. The van der Waals surface area contributed by atoms with Crippen LogP contribution in [0.25, 0.3) is 10.9 Å². The van der Waals surface area contributed by atoms with E-state index >= 15 is 0 Å². The molecule has 1 heterocycles. The lowest BCUT2D eigenvalue weighted by atomic mass is 9.79. The van der Waals surface area contributed by atoms with Crippen LogP contribution < -0.4 is 0 Å². The molecule has 1 aromatic carbocycles. The molecule has 0 aliphatic heterocycles. The van der Waals surface area contributed by atoms with Crippen LogP contribution in [0.5, 0.6) is 0 Å². The molecule has 1 atom stereocenters. The molecule has 2 aromatic rings. The van der Waals surface area contributed by atoms with E-state index in [-0.39, 0.29) is 11.5 Å². The van der Waals surface area contributed by atoms with Crippen LogP contribution in [-0.4, -0.2) is 16.2 Å². The van der Waals surface area contributed by atoms with Gasteiger partial charge in [-0.25, -0.2) is 0 Å². The summed E-state index contributed by atoms with van der Waals surface area (Å²) in [4.78, 5) is 4.37. The van der Waals surface area contributed by atoms with Gasteiger partial charge in [0.15, 0.2) is 0 Å². The first-order chi connectivity index (χ1) is 7.99.